The second-order valence-corrected chi connectivity index (χ2v) is 2.45. The fraction of sp³-hybridized carbons (Fsp3) is 0.375. The third-order valence-corrected chi connectivity index (χ3v) is 1.50. The van der Waals surface area contributed by atoms with E-state index in [-0.39, 0.29) is 5.92 Å². The summed E-state index contributed by atoms with van der Waals surface area (Å²) in [5.41, 5.74) is 0. The molecule has 1 aromatic heterocycles. The van der Waals surface area contributed by atoms with Crippen molar-refractivity contribution < 1.29 is 0 Å². The van der Waals surface area contributed by atoms with E-state index >= 15 is 0 Å². The van der Waals surface area contributed by atoms with Crippen LogP contribution in [0.5, 0.6) is 0 Å². The maximum atomic E-state index is 6.90. The van der Waals surface area contributed by atoms with Gasteiger partial charge >= 0.3 is 0 Å². The van der Waals surface area contributed by atoms with E-state index in [2.05, 4.69) is 9.97 Å². The van der Waals surface area contributed by atoms with E-state index in [9.17, 15) is 0 Å². The van der Waals surface area contributed by atoms with Crippen LogP contribution in [0.25, 0.3) is 0 Å². The highest BCUT2D eigenvalue weighted by Crippen LogP contribution is 2.10. The summed E-state index contributed by atoms with van der Waals surface area (Å²) in [5, 5.41) is 6.90. The first-order valence-corrected chi connectivity index (χ1v) is 3.60. The highest BCUT2D eigenvalue weighted by Gasteiger charge is 2.04. The summed E-state index contributed by atoms with van der Waals surface area (Å²) in [5.74, 6) is 1.07. The maximum absolute atomic E-state index is 6.90. The molecule has 1 atom stereocenters. The van der Waals surface area contributed by atoms with Gasteiger partial charge in [-0.25, -0.2) is 9.97 Å². The molecular weight excluding hydrogens is 138 g/mol. The molecule has 11 heavy (non-hydrogen) atoms. The Hall–Kier alpha value is -1.25. The Balaban J connectivity index is 2.68. The molecule has 0 amide bonds. The summed E-state index contributed by atoms with van der Waals surface area (Å²) in [6.07, 6.45) is 5.55. The minimum atomic E-state index is 0.258. The standard InChI is InChI=1S/C8H11N3/c1-7(3-4-9)8-10-5-2-6-11-8/h2,4-7,9H,3H2,1H3. The zero-order chi connectivity index (χ0) is 8.10. The Bertz CT molecular complexity index is 220. The smallest absolute Gasteiger partial charge is 0.131 e. The lowest BCUT2D eigenvalue weighted by Crippen LogP contribution is -1.99. The summed E-state index contributed by atoms with van der Waals surface area (Å²) in [6, 6.07) is 1.79. The molecule has 3 nitrogen and oxygen atoms in total. The van der Waals surface area contributed by atoms with Gasteiger partial charge in [0.15, 0.2) is 0 Å². The predicted molar refractivity (Wildman–Crippen MR) is 43.8 cm³/mol. The number of hydrogen-bond donors (Lipinski definition) is 1. The van der Waals surface area contributed by atoms with Gasteiger partial charge in [0.1, 0.15) is 5.82 Å². The monoisotopic (exact) mass is 149 g/mol. The van der Waals surface area contributed by atoms with Gasteiger partial charge in [-0.1, -0.05) is 6.92 Å². The van der Waals surface area contributed by atoms with Crippen molar-refractivity contribution in [3.63, 3.8) is 0 Å². The van der Waals surface area contributed by atoms with Crippen molar-refractivity contribution in [2.45, 2.75) is 19.3 Å². The third kappa shape index (κ3) is 2.11. The Morgan fingerprint density at radius 3 is 2.73 bits per heavy atom. The molecule has 0 aliphatic carbocycles. The lowest BCUT2D eigenvalue weighted by molar-refractivity contribution is 0.735. The van der Waals surface area contributed by atoms with E-state index in [1.54, 1.807) is 18.5 Å². The van der Waals surface area contributed by atoms with Gasteiger partial charge in [-0.3, -0.25) is 0 Å². The number of hydrogen-bond acceptors (Lipinski definition) is 3. The highest BCUT2D eigenvalue weighted by atomic mass is 14.9. The van der Waals surface area contributed by atoms with E-state index in [4.69, 9.17) is 5.41 Å². The lowest BCUT2D eigenvalue weighted by atomic mass is 10.1. The van der Waals surface area contributed by atoms with Crippen LogP contribution in [0.4, 0.5) is 0 Å². The Kier molecular flexibility index (Phi) is 2.72. The number of aromatic nitrogens is 2. The van der Waals surface area contributed by atoms with Crippen LogP contribution in [0.2, 0.25) is 0 Å². The van der Waals surface area contributed by atoms with Gasteiger partial charge < -0.3 is 5.41 Å². The molecule has 1 N–H and O–H groups in total. The minimum absolute atomic E-state index is 0.258. The summed E-state index contributed by atoms with van der Waals surface area (Å²) in [4.78, 5) is 8.17. The van der Waals surface area contributed by atoms with Crippen molar-refractivity contribution in [2.75, 3.05) is 0 Å². The molecule has 0 aromatic carbocycles. The van der Waals surface area contributed by atoms with E-state index in [1.165, 1.54) is 6.21 Å². The number of rotatable bonds is 3. The Morgan fingerprint density at radius 1 is 1.55 bits per heavy atom. The van der Waals surface area contributed by atoms with Gasteiger partial charge in [0, 0.05) is 18.3 Å². The fourth-order valence-corrected chi connectivity index (χ4v) is 0.847. The van der Waals surface area contributed by atoms with Crippen LogP contribution < -0.4 is 0 Å². The van der Waals surface area contributed by atoms with Crippen LogP contribution in [0.15, 0.2) is 18.5 Å². The average molecular weight is 149 g/mol. The van der Waals surface area contributed by atoms with Gasteiger partial charge in [0.25, 0.3) is 0 Å². The van der Waals surface area contributed by atoms with Crippen LogP contribution in [0, 0.1) is 5.41 Å². The van der Waals surface area contributed by atoms with Crippen LogP contribution in [-0.2, 0) is 0 Å². The van der Waals surface area contributed by atoms with Crippen molar-refractivity contribution in [3.8, 4) is 0 Å². The summed E-state index contributed by atoms with van der Waals surface area (Å²) in [7, 11) is 0. The number of nitrogens with zero attached hydrogens (tertiary/aromatic N) is 2. The van der Waals surface area contributed by atoms with Gasteiger partial charge in [-0.05, 0) is 18.7 Å². The first kappa shape index (κ1) is 7.85. The molecule has 0 spiro atoms. The van der Waals surface area contributed by atoms with Gasteiger partial charge in [0.2, 0.25) is 0 Å². The first-order chi connectivity index (χ1) is 5.34. The summed E-state index contributed by atoms with van der Waals surface area (Å²) < 4.78 is 0. The van der Waals surface area contributed by atoms with Crippen LogP contribution in [0.3, 0.4) is 0 Å². The molecule has 0 saturated carbocycles. The van der Waals surface area contributed by atoms with Gasteiger partial charge in [-0.15, -0.1) is 0 Å². The largest absolute Gasteiger partial charge is 0.313 e. The molecule has 0 radical (unpaired) electrons. The topological polar surface area (TPSA) is 49.6 Å². The van der Waals surface area contributed by atoms with E-state index in [0.717, 1.165) is 5.82 Å². The molecule has 3 heteroatoms. The molecular formula is C8H11N3. The minimum Gasteiger partial charge on any atom is -0.313 e. The van der Waals surface area contributed by atoms with Crippen molar-refractivity contribution >= 4 is 6.21 Å². The van der Waals surface area contributed by atoms with Gasteiger partial charge in [0.05, 0.1) is 0 Å². The molecule has 58 valence electrons. The molecule has 0 aliphatic heterocycles. The average Bonchev–Trinajstić information content (AvgIpc) is 2.07. The van der Waals surface area contributed by atoms with Crippen LogP contribution in [-0.4, -0.2) is 16.2 Å². The molecule has 0 aliphatic rings. The zero-order valence-electron chi connectivity index (χ0n) is 6.49. The molecule has 1 aromatic rings. The molecule has 1 unspecified atom stereocenters. The summed E-state index contributed by atoms with van der Waals surface area (Å²) in [6.45, 7) is 2.01. The van der Waals surface area contributed by atoms with E-state index in [0.29, 0.717) is 6.42 Å². The number of nitrogens with one attached hydrogen (secondary N) is 1. The Morgan fingerprint density at radius 2 is 2.18 bits per heavy atom. The van der Waals surface area contributed by atoms with Crippen molar-refractivity contribution in [1.82, 2.24) is 9.97 Å². The zero-order valence-corrected chi connectivity index (χ0v) is 6.49. The lowest BCUT2D eigenvalue weighted by Gasteiger charge is -2.03. The SMILES string of the molecule is CC(CC=N)c1ncccn1. The van der Waals surface area contributed by atoms with Crippen LogP contribution in [0.1, 0.15) is 25.1 Å². The molecule has 0 bridgehead atoms. The normalized spacial score (nSPS) is 12.5. The second-order valence-electron chi connectivity index (χ2n) is 2.45. The Labute approximate surface area is 66.0 Å². The van der Waals surface area contributed by atoms with Crippen molar-refractivity contribution in [3.05, 3.63) is 24.3 Å². The quantitative estimate of drug-likeness (QED) is 0.664. The van der Waals surface area contributed by atoms with Gasteiger partial charge in [-0.2, -0.15) is 0 Å². The van der Waals surface area contributed by atoms with Crippen molar-refractivity contribution in [1.29, 1.82) is 5.41 Å². The fourth-order valence-electron chi connectivity index (χ4n) is 0.847. The third-order valence-electron chi connectivity index (χ3n) is 1.50. The first-order valence-electron chi connectivity index (χ1n) is 3.60. The van der Waals surface area contributed by atoms with E-state index < -0.39 is 0 Å². The molecule has 1 heterocycles. The molecule has 1 rings (SSSR count). The van der Waals surface area contributed by atoms with Crippen molar-refractivity contribution in [2.24, 2.45) is 0 Å². The molecule has 0 fully saturated rings. The van der Waals surface area contributed by atoms with E-state index in [1.807, 2.05) is 6.92 Å². The predicted octanol–water partition coefficient (Wildman–Crippen LogP) is 1.62. The van der Waals surface area contributed by atoms with Crippen LogP contribution >= 0.6 is 0 Å². The molecule has 0 saturated heterocycles. The maximum Gasteiger partial charge on any atom is 0.131 e. The highest BCUT2D eigenvalue weighted by molar-refractivity contribution is 5.54. The summed E-state index contributed by atoms with van der Waals surface area (Å²) >= 11 is 0. The second kappa shape index (κ2) is 3.81.